The normalized spacial score (nSPS) is 21.8. The van der Waals surface area contributed by atoms with Crippen LogP contribution in [0, 0.1) is 0 Å². The van der Waals surface area contributed by atoms with E-state index >= 15 is 0 Å². The van der Waals surface area contributed by atoms with Crippen LogP contribution in [-0.4, -0.2) is 70.4 Å². The Morgan fingerprint density at radius 3 is 2.94 bits per heavy atom. The molecule has 34 heavy (non-hydrogen) atoms. The van der Waals surface area contributed by atoms with E-state index in [1.165, 1.54) is 6.20 Å². The predicted molar refractivity (Wildman–Crippen MR) is 127 cm³/mol. The minimum atomic E-state index is -1.61. The highest BCUT2D eigenvalue weighted by Gasteiger charge is 2.36. The van der Waals surface area contributed by atoms with Crippen LogP contribution in [0.3, 0.4) is 0 Å². The van der Waals surface area contributed by atoms with E-state index in [0.717, 1.165) is 24.8 Å². The third-order valence-electron chi connectivity index (χ3n) is 6.50. The Labute approximate surface area is 197 Å². The fourth-order valence-electron chi connectivity index (χ4n) is 4.82. The molecule has 168 valence electrons. The third kappa shape index (κ3) is 3.22. The van der Waals surface area contributed by atoms with E-state index in [1.807, 2.05) is 6.07 Å². The van der Waals surface area contributed by atoms with Crippen molar-refractivity contribution < 1.29 is 9.53 Å². The summed E-state index contributed by atoms with van der Waals surface area (Å²) >= 11 is 0. The first kappa shape index (κ1) is 21.0. The Morgan fingerprint density at radius 2 is 2.12 bits per heavy atom. The highest BCUT2D eigenvalue weighted by atomic mass is 16.5. The second-order valence-electron chi connectivity index (χ2n) is 8.76. The van der Waals surface area contributed by atoms with Gasteiger partial charge in [0.2, 0.25) is 0 Å². The molecule has 3 aromatic heterocycles. The van der Waals surface area contributed by atoms with Crippen molar-refractivity contribution in [1.82, 2.24) is 34.9 Å². The second-order valence-corrected chi connectivity index (χ2v) is 8.76. The molecule has 1 aliphatic carbocycles. The molecule has 4 heterocycles. The number of hydrogen-bond acceptors (Lipinski definition) is 8. The van der Waals surface area contributed by atoms with Crippen LogP contribution in [0.15, 0.2) is 24.4 Å². The average molecular weight is 453 g/mol. The summed E-state index contributed by atoms with van der Waals surface area (Å²) in [5.41, 5.74) is 3.29. The number of aromatic nitrogens is 6. The van der Waals surface area contributed by atoms with Gasteiger partial charge in [-0.15, -0.1) is 5.10 Å². The lowest BCUT2D eigenvalue weighted by atomic mass is 9.61. The van der Waals surface area contributed by atoms with E-state index in [1.54, 1.807) is 35.4 Å². The number of amides is 1. The standard InChI is InChI=1S/C21H21B2N9O2/c1-24-17-8-16-26-13-6-10(7-14-18(13)31(2)30-29-14)21(22,23)34-15-5-3-4-12(15)27-20(33)11-9-25-32(17)19(11)28-16/h6-9,12,15,24H,3-5H2,1-2H3,(H,26,28)(H,27,33)/t12-,15+/m1/s1. The molecule has 4 bridgehead atoms. The Balaban J connectivity index is 1.60. The number of benzene rings is 1. The summed E-state index contributed by atoms with van der Waals surface area (Å²) in [7, 11) is 16.6. The van der Waals surface area contributed by atoms with Crippen molar-refractivity contribution in [3.63, 3.8) is 0 Å². The number of anilines is 3. The van der Waals surface area contributed by atoms with Crippen molar-refractivity contribution in [2.75, 3.05) is 17.7 Å². The first-order chi connectivity index (χ1) is 16.3. The Kier molecular flexibility index (Phi) is 4.60. The molecule has 1 saturated carbocycles. The summed E-state index contributed by atoms with van der Waals surface area (Å²) in [6, 6.07) is 5.13. The lowest BCUT2D eigenvalue weighted by Gasteiger charge is -2.34. The maximum atomic E-state index is 13.2. The van der Waals surface area contributed by atoms with Gasteiger partial charge in [0.15, 0.2) is 5.65 Å². The molecule has 1 aliphatic heterocycles. The zero-order valence-electron chi connectivity index (χ0n) is 18.7. The molecule has 2 atom stereocenters. The quantitative estimate of drug-likeness (QED) is 0.364. The molecule has 4 radical (unpaired) electrons. The van der Waals surface area contributed by atoms with Gasteiger partial charge in [-0.1, -0.05) is 5.21 Å². The maximum Gasteiger partial charge on any atom is 0.257 e. The summed E-state index contributed by atoms with van der Waals surface area (Å²) in [5, 5.41) is 20.7. The number of carbonyl (C=O) groups excluding carboxylic acids is 1. The largest absolute Gasteiger partial charge is 0.384 e. The van der Waals surface area contributed by atoms with E-state index < -0.39 is 5.40 Å². The van der Waals surface area contributed by atoms with Crippen molar-refractivity contribution in [2.45, 2.75) is 36.8 Å². The van der Waals surface area contributed by atoms with Crippen LogP contribution in [-0.2, 0) is 17.2 Å². The number of nitrogens with zero attached hydrogens (tertiary/aromatic N) is 6. The molecule has 0 spiro atoms. The van der Waals surface area contributed by atoms with Gasteiger partial charge in [0.25, 0.3) is 5.91 Å². The molecule has 4 aromatic rings. The summed E-state index contributed by atoms with van der Waals surface area (Å²) < 4.78 is 9.45. The van der Waals surface area contributed by atoms with E-state index in [0.29, 0.717) is 39.6 Å². The van der Waals surface area contributed by atoms with Crippen LogP contribution in [0.1, 0.15) is 35.2 Å². The number of aryl methyl sites for hydroxylation is 1. The van der Waals surface area contributed by atoms with Crippen LogP contribution in [0.25, 0.3) is 16.7 Å². The first-order valence-electron chi connectivity index (χ1n) is 11.1. The van der Waals surface area contributed by atoms with Crippen LogP contribution in [0.2, 0.25) is 0 Å². The summed E-state index contributed by atoms with van der Waals surface area (Å²) in [6.45, 7) is 0. The Bertz CT molecular complexity index is 1450. The van der Waals surface area contributed by atoms with Crippen molar-refractivity contribution in [3.05, 3.63) is 35.5 Å². The molecule has 0 unspecified atom stereocenters. The van der Waals surface area contributed by atoms with Gasteiger partial charge >= 0.3 is 0 Å². The van der Waals surface area contributed by atoms with Gasteiger partial charge in [0.1, 0.15) is 43.9 Å². The number of rotatable bonds is 1. The molecule has 3 N–H and O–H groups in total. The van der Waals surface area contributed by atoms with Crippen molar-refractivity contribution in [3.8, 4) is 0 Å². The van der Waals surface area contributed by atoms with Gasteiger partial charge < -0.3 is 20.7 Å². The lowest BCUT2D eigenvalue weighted by Crippen LogP contribution is -2.45. The molecule has 0 saturated heterocycles. The number of nitrogens with one attached hydrogen (secondary N) is 3. The van der Waals surface area contributed by atoms with E-state index in [-0.39, 0.29) is 18.1 Å². The molecule has 13 heteroatoms. The molecule has 6 rings (SSSR count). The second kappa shape index (κ2) is 7.45. The molecule has 1 aromatic carbocycles. The maximum absolute atomic E-state index is 13.2. The zero-order chi connectivity index (χ0) is 23.6. The van der Waals surface area contributed by atoms with Crippen LogP contribution < -0.4 is 16.0 Å². The number of hydrogen-bond donors (Lipinski definition) is 3. The van der Waals surface area contributed by atoms with Crippen LogP contribution in [0.4, 0.5) is 17.3 Å². The third-order valence-corrected chi connectivity index (χ3v) is 6.50. The molecule has 11 nitrogen and oxygen atoms in total. The van der Waals surface area contributed by atoms with Crippen molar-refractivity contribution in [2.24, 2.45) is 7.05 Å². The average Bonchev–Trinajstić information content (AvgIpc) is 3.51. The van der Waals surface area contributed by atoms with Gasteiger partial charge in [-0.3, -0.25) is 4.79 Å². The molecular weight excluding hydrogens is 432 g/mol. The number of carbonyl (C=O) groups is 1. The van der Waals surface area contributed by atoms with Gasteiger partial charge in [0, 0.05) is 25.6 Å². The van der Waals surface area contributed by atoms with Gasteiger partial charge in [-0.2, -0.15) is 9.61 Å². The minimum absolute atomic E-state index is 0.248. The van der Waals surface area contributed by atoms with Gasteiger partial charge in [-0.25, -0.2) is 9.67 Å². The Morgan fingerprint density at radius 1 is 1.26 bits per heavy atom. The zero-order valence-corrected chi connectivity index (χ0v) is 18.7. The first-order valence-corrected chi connectivity index (χ1v) is 11.1. The predicted octanol–water partition coefficient (Wildman–Crippen LogP) is 0.925. The fourth-order valence-corrected chi connectivity index (χ4v) is 4.82. The Hall–Kier alpha value is -3.60. The molecule has 1 amide bonds. The topological polar surface area (TPSA) is 123 Å². The van der Waals surface area contributed by atoms with Crippen molar-refractivity contribution in [1.29, 1.82) is 0 Å². The summed E-state index contributed by atoms with van der Waals surface area (Å²) in [5.74, 6) is 0.862. The van der Waals surface area contributed by atoms with Crippen molar-refractivity contribution >= 4 is 55.6 Å². The molecule has 2 aliphatic rings. The number of ether oxygens (including phenoxy) is 1. The van der Waals surface area contributed by atoms with E-state index in [4.69, 9.17) is 25.4 Å². The molecule has 1 fully saturated rings. The minimum Gasteiger partial charge on any atom is -0.384 e. The fraction of sp³-hybridized carbons (Fsp3) is 0.381. The van der Waals surface area contributed by atoms with E-state index in [2.05, 4.69) is 31.4 Å². The van der Waals surface area contributed by atoms with Gasteiger partial charge in [0.05, 0.1) is 24.0 Å². The summed E-state index contributed by atoms with van der Waals surface area (Å²) in [6.07, 6.45) is 3.51. The highest BCUT2D eigenvalue weighted by molar-refractivity contribution is 6.39. The number of fused-ring (bicyclic) bond motifs is 6. The highest BCUT2D eigenvalue weighted by Crippen LogP contribution is 2.35. The lowest BCUT2D eigenvalue weighted by molar-refractivity contribution is -0.00587. The SMILES string of the molecule is [B]C1([B])O[C@H]2CCC[C@H]2NC(=O)c2cnn3c(NC)cc(nc23)Nc2cc1cc1nnn(C)c21. The smallest absolute Gasteiger partial charge is 0.257 e. The van der Waals surface area contributed by atoms with E-state index in [9.17, 15) is 4.79 Å². The van der Waals surface area contributed by atoms with Gasteiger partial charge in [-0.05, 0) is 37.0 Å². The summed E-state index contributed by atoms with van der Waals surface area (Å²) in [4.78, 5) is 17.9. The van der Waals surface area contributed by atoms with Crippen LogP contribution >= 0.6 is 0 Å². The molecular formula is C21H21B2N9O2. The monoisotopic (exact) mass is 453 g/mol. The van der Waals surface area contributed by atoms with Crippen LogP contribution in [0.5, 0.6) is 0 Å².